The lowest BCUT2D eigenvalue weighted by molar-refractivity contribution is -0.0593. The second kappa shape index (κ2) is 8.58. The second-order valence-electron chi connectivity index (χ2n) is 12.4. The molecule has 5 rings (SSSR count). The number of rotatable bonds is 5. The molecule has 3 fully saturated rings. The van der Waals surface area contributed by atoms with Crippen LogP contribution in [0.5, 0.6) is 0 Å². The van der Waals surface area contributed by atoms with Crippen LogP contribution in [-0.2, 0) is 6.42 Å². The minimum atomic E-state index is -0.237. The summed E-state index contributed by atoms with van der Waals surface area (Å²) in [7, 11) is 0. The highest BCUT2D eigenvalue weighted by Gasteiger charge is 2.59. The lowest BCUT2D eigenvalue weighted by atomic mass is 9.47. The highest BCUT2D eigenvalue weighted by molar-refractivity contribution is 5.25. The maximum absolute atomic E-state index is 10.9. The van der Waals surface area contributed by atoms with Gasteiger partial charge in [-0.05, 0) is 110 Å². The maximum Gasteiger partial charge on any atom is 0.0583 e. The normalized spacial score (nSPS) is 42.9. The summed E-state index contributed by atoms with van der Waals surface area (Å²) < 4.78 is 0. The number of aliphatic hydroxyl groups excluding tert-OH is 2. The van der Waals surface area contributed by atoms with Crippen LogP contribution in [0.3, 0.4) is 0 Å². The fourth-order valence-corrected chi connectivity index (χ4v) is 9.18. The first-order chi connectivity index (χ1) is 15.3. The molecule has 4 unspecified atom stereocenters. The van der Waals surface area contributed by atoms with E-state index in [9.17, 15) is 10.2 Å². The zero-order valence-electron chi connectivity index (χ0n) is 20.5. The molecule has 2 nitrogen and oxygen atoms in total. The van der Waals surface area contributed by atoms with Crippen LogP contribution >= 0.6 is 0 Å². The lowest BCUT2D eigenvalue weighted by Crippen LogP contribution is -2.50. The Morgan fingerprint density at radius 3 is 2.56 bits per heavy atom. The minimum absolute atomic E-state index is 0.112. The Hall–Kier alpha value is -1.12. The molecule has 0 radical (unpaired) electrons. The first-order valence-electron chi connectivity index (χ1n) is 13.4. The smallest absolute Gasteiger partial charge is 0.0583 e. The van der Waals surface area contributed by atoms with Gasteiger partial charge in [-0.3, -0.25) is 0 Å². The quantitative estimate of drug-likeness (QED) is 0.513. The average molecular weight is 437 g/mol. The van der Waals surface area contributed by atoms with Gasteiger partial charge in [0.05, 0.1) is 12.2 Å². The van der Waals surface area contributed by atoms with Crippen LogP contribution in [-0.4, -0.2) is 22.4 Å². The van der Waals surface area contributed by atoms with Crippen molar-refractivity contribution in [3.63, 3.8) is 0 Å². The molecule has 2 N–H and O–H groups in total. The van der Waals surface area contributed by atoms with Gasteiger partial charge in [0, 0.05) is 0 Å². The second-order valence-corrected chi connectivity index (χ2v) is 12.4. The van der Waals surface area contributed by atoms with Crippen molar-refractivity contribution in [2.24, 2.45) is 40.4 Å². The summed E-state index contributed by atoms with van der Waals surface area (Å²) >= 11 is 0. The summed E-state index contributed by atoms with van der Waals surface area (Å²) in [5, 5.41) is 21.1. The molecule has 4 aliphatic rings. The summed E-state index contributed by atoms with van der Waals surface area (Å²) in [6.07, 6.45) is 13.7. The van der Waals surface area contributed by atoms with E-state index in [-0.39, 0.29) is 12.2 Å². The Morgan fingerprint density at radius 1 is 1.00 bits per heavy atom. The van der Waals surface area contributed by atoms with E-state index in [1.165, 1.54) is 44.1 Å². The van der Waals surface area contributed by atoms with E-state index in [1.54, 1.807) is 5.57 Å². The van der Waals surface area contributed by atoms with Crippen molar-refractivity contribution in [1.29, 1.82) is 0 Å². The number of hydrogen-bond donors (Lipinski definition) is 2. The van der Waals surface area contributed by atoms with Crippen LogP contribution in [0.25, 0.3) is 0 Å². The van der Waals surface area contributed by atoms with Gasteiger partial charge in [-0.25, -0.2) is 0 Å². The maximum atomic E-state index is 10.9. The average Bonchev–Trinajstić information content (AvgIpc) is 3.12. The topological polar surface area (TPSA) is 40.5 Å². The van der Waals surface area contributed by atoms with E-state index in [0.717, 1.165) is 49.4 Å². The van der Waals surface area contributed by atoms with Crippen molar-refractivity contribution < 1.29 is 10.2 Å². The minimum Gasteiger partial charge on any atom is -0.393 e. The standard InChI is InChI=1S/C30H44O2/c1-20(17-24(32)18-21-7-5-4-6-8-21)26-11-12-27-25-10-9-22-19-23(31)13-15-29(22,2)28(25)14-16-30(26,27)3/h4-9,20,23-28,31-32H,10-19H2,1-3H3/t20-,23+,24+,25?,26?,27?,28?,29+,30-/m1/s1. The summed E-state index contributed by atoms with van der Waals surface area (Å²) in [6.45, 7) is 7.55. The molecule has 32 heavy (non-hydrogen) atoms. The molecule has 0 saturated heterocycles. The van der Waals surface area contributed by atoms with Crippen LogP contribution in [0.4, 0.5) is 0 Å². The first-order valence-corrected chi connectivity index (χ1v) is 13.4. The molecule has 1 aromatic rings. The number of allylic oxidation sites excluding steroid dienone is 1. The molecule has 0 heterocycles. The fraction of sp³-hybridized carbons (Fsp3) is 0.733. The number of benzene rings is 1. The summed E-state index contributed by atoms with van der Waals surface area (Å²) in [6, 6.07) is 10.5. The highest BCUT2D eigenvalue weighted by Crippen LogP contribution is 2.67. The lowest BCUT2D eigenvalue weighted by Gasteiger charge is -2.58. The summed E-state index contributed by atoms with van der Waals surface area (Å²) in [5.74, 6) is 3.79. The molecule has 0 aliphatic heterocycles. The van der Waals surface area contributed by atoms with Crippen LogP contribution in [0.2, 0.25) is 0 Å². The Labute approximate surface area is 195 Å². The van der Waals surface area contributed by atoms with Gasteiger partial charge in [0.2, 0.25) is 0 Å². The van der Waals surface area contributed by atoms with E-state index in [2.05, 4.69) is 51.1 Å². The molecule has 0 aromatic heterocycles. The Kier molecular flexibility index (Phi) is 6.08. The third-order valence-corrected chi connectivity index (χ3v) is 10.8. The number of fused-ring (bicyclic) bond motifs is 5. The van der Waals surface area contributed by atoms with E-state index in [1.807, 2.05) is 6.07 Å². The Balaban J connectivity index is 1.28. The number of aliphatic hydroxyl groups is 2. The van der Waals surface area contributed by atoms with Gasteiger partial charge >= 0.3 is 0 Å². The summed E-state index contributed by atoms with van der Waals surface area (Å²) in [4.78, 5) is 0. The van der Waals surface area contributed by atoms with Gasteiger partial charge in [0.15, 0.2) is 0 Å². The van der Waals surface area contributed by atoms with Crippen LogP contribution < -0.4 is 0 Å². The zero-order valence-corrected chi connectivity index (χ0v) is 20.5. The Bertz CT molecular complexity index is 830. The fourth-order valence-electron chi connectivity index (χ4n) is 9.18. The van der Waals surface area contributed by atoms with E-state index in [0.29, 0.717) is 16.7 Å². The van der Waals surface area contributed by atoms with Crippen LogP contribution in [0.1, 0.15) is 84.1 Å². The first kappa shape index (κ1) is 22.7. The van der Waals surface area contributed by atoms with E-state index < -0.39 is 0 Å². The molecule has 2 heteroatoms. The van der Waals surface area contributed by atoms with Gasteiger partial charge in [-0.1, -0.05) is 62.8 Å². The molecule has 9 atom stereocenters. The largest absolute Gasteiger partial charge is 0.393 e. The highest BCUT2D eigenvalue weighted by atomic mass is 16.3. The van der Waals surface area contributed by atoms with Gasteiger partial charge in [0.25, 0.3) is 0 Å². The molecule has 4 aliphatic carbocycles. The molecule has 0 amide bonds. The van der Waals surface area contributed by atoms with Crippen molar-refractivity contribution >= 4 is 0 Å². The SMILES string of the molecule is C[C@H](C[C@H](O)Cc1ccccc1)C1CCC2C3CC=C4C[C@@H](O)CC[C@]4(C)C3CC[C@@]21C. The van der Waals surface area contributed by atoms with Crippen molar-refractivity contribution in [3.05, 3.63) is 47.5 Å². The van der Waals surface area contributed by atoms with Crippen LogP contribution in [0, 0.1) is 40.4 Å². The van der Waals surface area contributed by atoms with Gasteiger partial charge in [0.1, 0.15) is 0 Å². The Morgan fingerprint density at radius 2 is 1.78 bits per heavy atom. The predicted molar refractivity (Wildman–Crippen MR) is 131 cm³/mol. The molecular formula is C30H44O2. The molecule has 3 saturated carbocycles. The van der Waals surface area contributed by atoms with Crippen molar-refractivity contribution in [3.8, 4) is 0 Å². The van der Waals surface area contributed by atoms with Crippen molar-refractivity contribution in [2.75, 3.05) is 0 Å². The van der Waals surface area contributed by atoms with Gasteiger partial charge in [-0.2, -0.15) is 0 Å². The molecule has 0 spiro atoms. The van der Waals surface area contributed by atoms with Crippen LogP contribution in [0.15, 0.2) is 42.0 Å². The van der Waals surface area contributed by atoms with E-state index in [4.69, 9.17) is 0 Å². The monoisotopic (exact) mass is 436 g/mol. The zero-order chi connectivity index (χ0) is 22.5. The predicted octanol–water partition coefficient (Wildman–Crippen LogP) is 6.56. The molecule has 1 aromatic carbocycles. The van der Waals surface area contributed by atoms with Crippen molar-refractivity contribution in [1.82, 2.24) is 0 Å². The summed E-state index contributed by atoms with van der Waals surface area (Å²) in [5.41, 5.74) is 3.59. The molecular weight excluding hydrogens is 392 g/mol. The third-order valence-electron chi connectivity index (χ3n) is 10.8. The molecule has 176 valence electrons. The number of hydrogen-bond acceptors (Lipinski definition) is 2. The molecule has 0 bridgehead atoms. The van der Waals surface area contributed by atoms with E-state index >= 15 is 0 Å². The van der Waals surface area contributed by atoms with Gasteiger partial charge < -0.3 is 10.2 Å². The van der Waals surface area contributed by atoms with Crippen molar-refractivity contribution in [2.45, 2.75) is 97.2 Å². The van der Waals surface area contributed by atoms with Gasteiger partial charge in [-0.15, -0.1) is 0 Å². The third kappa shape index (κ3) is 3.80.